The zero-order chi connectivity index (χ0) is 14.8. The highest BCUT2D eigenvalue weighted by Gasteiger charge is 2.22. The molecule has 7 heteroatoms. The molecule has 0 fully saturated rings. The smallest absolute Gasteiger partial charge is 0.294 e. The van der Waals surface area contributed by atoms with E-state index in [1.165, 1.54) is 17.0 Å². The Bertz CT molecular complexity index is 707. The number of hydrogen-bond acceptors (Lipinski definition) is 4. The maximum atomic E-state index is 12.3. The number of carbonyl (C=O) groups excluding carboxylic acids is 1. The molecule has 1 amide bonds. The summed E-state index contributed by atoms with van der Waals surface area (Å²) >= 11 is 0. The summed E-state index contributed by atoms with van der Waals surface area (Å²) in [6, 6.07) is 11.5. The molecular formula is C13H14N2O4S. The van der Waals surface area contributed by atoms with Crippen molar-refractivity contribution >= 4 is 21.6 Å². The molecule has 1 heterocycles. The van der Waals surface area contributed by atoms with Crippen molar-refractivity contribution in [3.63, 3.8) is 0 Å². The van der Waals surface area contributed by atoms with Gasteiger partial charge in [-0.3, -0.25) is 4.79 Å². The van der Waals surface area contributed by atoms with Gasteiger partial charge < -0.3 is 9.32 Å². The van der Waals surface area contributed by atoms with Gasteiger partial charge in [-0.1, -0.05) is 18.2 Å². The van der Waals surface area contributed by atoms with E-state index in [-0.39, 0.29) is 5.76 Å². The van der Waals surface area contributed by atoms with Crippen LogP contribution in [0.25, 0.3) is 0 Å². The van der Waals surface area contributed by atoms with Gasteiger partial charge in [0.25, 0.3) is 15.9 Å². The van der Waals surface area contributed by atoms with E-state index in [9.17, 15) is 13.2 Å². The first-order valence-corrected chi connectivity index (χ1v) is 7.47. The van der Waals surface area contributed by atoms with Crippen molar-refractivity contribution in [2.45, 2.75) is 12.0 Å². The van der Waals surface area contributed by atoms with Crippen molar-refractivity contribution in [1.29, 1.82) is 0 Å². The van der Waals surface area contributed by atoms with Crippen LogP contribution in [0.5, 0.6) is 0 Å². The van der Waals surface area contributed by atoms with E-state index in [1.54, 1.807) is 12.1 Å². The number of nitrogens with zero attached hydrogens (tertiary/aromatic N) is 1. The van der Waals surface area contributed by atoms with E-state index in [0.29, 0.717) is 12.2 Å². The van der Waals surface area contributed by atoms with E-state index >= 15 is 0 Å². The van der Waals surface area contributed by atoms with E-state index in [2.05, 4.69) is 0 Å². The predicted molar refractivity (Wildman–Crippen MR) is 73.9 cm³/mol. The highest BCUT2D eigenvalue weighted by atomic mass is 32.2. The molecule has 1 aromatic carbocycles. The number of rotatable bonds is 4. The fraction of sp³-hybridized carbons (Fsp3) is 0.154. The second-order valence-electron chi connectivity index (χ2n) is 4.05. The standard InChI is InChI=1S/C13H14N2O4S/c1-2-15(10-6-4-3-5-7-10)13(16)11-8-9-12(19-11)20(14,17)18/h3-9H,2H2,1H3,(H2,14,17,18). The lowest BCUT2D eigenvalue weighted by atomic mass is 10.2. The molecule has 0 atom stereocenters. The quantitative estimate of drug-likeness (QED) is 0.926. The number of benzene rings is 1. The van der Waals surface area contributed by atoms with Gasteiger partial charge >= 0.3 is 0 Å². The SMILES string of the molecule is CCN(C(=O)c1ccc(S(N)(=O)=O)o1)c1ccccc1. The highest BCUT2D eigenvalue weighted by Crippen LogP contribution is 2.19. The molecule has 106 valence electrons. The van der Waals surface area contributed by atoms with Crippen molar-refractivity contribution in [3.05, 3.63) is 48.2 Å². The molecule has 0 spiro atoms. The molecule has 1 aromatic heterocycles. The minimum atomic E-state index is -3.95. The molecular weight excluding hydrogens is 280 g/mol. The maximum absolute atomic E-state index is 12.3. The first-order valence-electron chi connectivity index (χ1n) is 5.93. The lowest BCUT2D eigenvalue weighted by Gasteiger charge is -2.19. The summed E-state index contributed by atoms with van der Waals surface area (Å²) < 4.78 is 27.3. The van der Waals surface area contributed by atoms with Crippen LogP contribution in [0.1, 0.15) is 17.5 Å². The third-order valence-electron chi connectivity index (χ3n) is 2.70. The lowest BCUT2D eigenvalue weighted by molar-refractivity contribution is 0.0956. The fourth-order valence-electron chi connectivity index (χ4n) is 1.77. The number of primary sulfonamides is 1. The molecule has 0 saturated carbocycles. The molecule has 0 unspecified atom stereocenters. The maximum Gasteiger partial charge on any atom is 0.294 e. The molecule has 0 aliphatic carbocycles. The lowest BCUT2D eigenvalue weighted by Crippen LogP contribution is -2.30. The first kappa shape index (κ1) is 14.3. The molecule has 0 radical (unpaired) electrons. The van der Waals surface area contributed by atoms with Gasteiger partial charge in [0.1, 0.15) is 0 Å². The van der Waals surface area contributed by atoms with Gasteiger partial charge in [0.2, 0.25) is 5.09 Å². The topological polar surface area (TPSA) is 93.6 Å². The van der Waals surface area contributed by atoms with Gasteiger partial charge in [-0.15, -0.1) is 0 Å². The normalized spacial score (nSPS) is 11.3. The number of amides is 1. The van der Waals surface area contributed by atoms with Crippen molar-refractivity contribution in [2.75, 3.05) is 11.4 Å². The van der Waals surface area contributed by atoms with Gasteiger partial charge in [-0.05, 0) is 31.2 Å². The van der Waals surface area contributed by atoms with Crippen LogP contribution < -0.4 is 10.0 Å². The van der Waals surface area contributed by atoms with Gasteiger partial charge in [-0.25, -0.2) is 13.6 Å². The van der Waals surface area contributed by atoms with Crippen LogP contribution in [0.4, 0.5) is 5.69 Å². The summed E-state index contributed by atoms with van der Waals surface area (Å²) in [5, 5.41) is 4.52. The Morgan fingerprint density at radius 2 is 1.85 bits per heavy atom. The number of anilines is 1. The second kappa shape index (κ2) is 5.48. The largest absolute Gasteiger partial charge is 0.438 e. The van der Waals surface area contributed by atoms with Crippen LogP contribution in [0.2, 0.25) is 0 Å². The van der Waals surface area contributed by atoms with Crippen molar-refractivity contribution in [2.24, 2.45) is 5.14 Å². The van der Waals surface area contributed by atoms with Crippen LogP contribution in [0.3, 0.4) is 0 Å². The predicted octanol–water partition coefficient (Wildman–Crippen LogP) is 1.59. The third kappa shape index (κ3) is 2.89. The molecule has 2 N–H and O–H groups in total. The number of hydrogen-bond donors (Lipinski definition) is 1. The summed E-state index contributed by atoms with van der Waals surface area (Å²) in [7, 11) is -3.95. The molecule has 2 rings (SSSR count). The minimum Gasteiger partial charge on any atom is -0.438 e. The summed E-state index contributed by atoms with van der Waals surface area (Å²) in [5.41, 5.74) is 0.702. The van der Waals surface area contributed by atoms with E-state index in [4.69, 9.17) is 9.56 Å². The van der Waals surface area contributed by atoms with E-state index in [1.807, 2.05) is 25.1 Å². The third-order valence-corrected chi connectivity index (χ3v) is 3.48. The minimum absolute atomic E-state index is 0.0697. The van der Waals surface area contributed by atoms with Crippen molar-refractivity contribution in [1.82, 2.24) is 0 Å². The van der Waals surface area contributed by atoms with Crippen LogP contribution >= 0.6 is 0 Å². The Hall–Kier alpha value is -2.12. The Morgan fingerprint density at radius 1 is 1.20 bits per heavy atom. The van der Waals surface area contributed by atoms with Crippen molar-refractivity contribution in [3.8, 4) is 0 Å². The van der Waals surface area contributed by atoms with Crippen LogP contribution in [-0.2, 0) is 10.0 Å². The number of carbonyl (C=O) groups is 1. The second-order valence-corrected chi connectivity index (χ2v) is 5.54. The molecule has 0 saturated heterocycles. The summed E-state index contributed by atoms with van der Waals surface area (Å²) in [5.74, 6) is -0.492. The Morgan fingerprint density at radius 3 is 2.35 bits per heavy atom. The number of furan rings is 1. The molecule has 20 heavy (non-hydrogen) atoms. The summed E-state index contributed by atoms with van der Waals surface area (Å²) in [6.45, 7) is 2.24. The monoisotopic (exact) mass is 294 g/mol. The number of para-hydroxylation sites is 1. The molecule has 2 aromatic rings. The Kier molecular flexibility index (Phi) is 3.91. The average molecular weight is 294 g/mol. The average Bonchev–Trinajstić information content (AvgIpc) is 2.90. The number of nitrogens with two attached hydrogens (primary N) is 1. The van der Waals surface area contributed by atoms with Gasteiger partial charge in [0, 0.05) is 12.2 Å². The zero-order valence-electron chi connectivity index (χ0n) is 10.8. The van der Waals surface area contributed by atoms with E-state index in [0.717, 1.165) is 0 Å². The molecule has 0 bridgehead atoms. The molecule has 0 aliphatic heterocycles. The number of sulfonamides is 1. The van der Waals surface area contributed by atoms with Crippen LogP contribution in [0.15, 0.2) is 52.0 Å². The first-order chi connectivity index (χ1) is 9.43. The highest BCUT2D eigenvalue weighted by molar-refractivity contribution is 7.89. The van der Waals surface area contributed by atoms with Crippen LogP contribution in [0, 0.1) is 0 Å². The summed E-state index contributed by atoms with van der Waals surface area (Å²) in [6.07, 6.45) is 0. The molecule has 0 aliphatic rings. The molecule has 6 nitrogen and oxygen atoms in total. The van der Waals surface area contributed by atoms with Gasteiger partial charge in [0.15, 0.2) is 5.76 Å². The fourth-order valence-corrected chi connectivity index (χ4v) is 2.24. The Labute approximate surface area is 116 Å². The van der Waals surface area contributed by atoms with E-state index < -0.39 is 21.0 Å². The van der Waals surface area contributed by atoms with Gasteiger partial charge in [0.05, 0.1) is 0 Å². The van der Waals surface area contributed by atoms with Gasteiger partial charge in [-0.2, -0.15) is 0 Å². The summed E-state index contributed by atoms with van der Waals surface area (Å²) in [4.78, 5) is 13.8. The zero-order valence-corrected chi connectivity index (χ0v) is 11.6. The Balaban J connectivity index is 2.33. The van der Waals surface area contributed by atoms with Crippen LogP contribution in [-0.4, -0.2) is 20.9 Å². The van der Waals surface area contributed by atoms with Crippen molar-refractivity contribution < 1.29 is 17.6 Å².